The van der Waals surface area contributed by atoms with Crippen molar-refractivity contribution in [1.82, 2.24) is 20.3 Å². The van der Waals surface area contributed by atoms with Crippen molar-refractivity contribution in [2.75, 3.05) is 26.9 Å². The molecule has 6 nitrogen and oxygen atoms in total. The summed E-state index contributed by atoms with van der Waals surface area (Å²) in [6.07, 6.45) is 6.96. The zero-order chi connectivity index (χ0) is 21.1. The van der Waals surface area contributed by atoms with Crippen LogP contribution in [0.2, 0.25) is 0 Å². The van der Waals surface area contributed by atoms with Gasteiger partial charge < -0.3 is 19.8 Å². The molecule has 0 bridgehead atoms. The van der Waals surface area contributed by atoms with Gasteiger partial charge in [-0.15, -0.1) is 0 Å². The predicted octanol–water partition coefficient (Wildman–Crippen LogP) is 4.13. The van der Waals surface area contributed by atoms with E-state index in [2.05, 4.69) is 42.1 Å². The van der Waals surface area contributed by atoms with E-state index >= 15 is 0 Å². The molecule has 1 aliphatic heterocycles. The van der Waals surface area contributed by atoms with Crippen LogP contribution in [0.4, 0.5) is 0 Å². The van der Waals surface area contributed by atoms with Gasteiger partial charge in [-0.3, -0.25) is 0 Å². The monoisotopic (exact) mass is 412 g/mol. The van der Waals surface area contributed by atoms with Gasteiger partial charge in [-0.05, 0) is 55.9 Å². The number of aromatic nitrogens is 3. The number of fused-ring (bicyclic) bond motifs is 1. The summed E-state index contributed by atoms with van der Waals surface area (Å²) in [5.74, 6) is 4.11. The highest BCUT2D eigenvalue weighted by Crippen LogP contribution is 2.38. The van der Waals surface area contributed by atoms with Gasteiger partial charge in [0, 0.05) is 38.3 Å². The lowest BCUT2D eigenvalue weighted by molar-refractivity contribution is 0.0757. The lowest BCUT2D eigenvalue weighted by atomic mass is 9.69. The van der Waals surface area contributed by atoms with E-state index in [0.717, 1.165) is 56.0 Å². The summed E-state index contributed by atoms with van der Waals surface area (Å²) in [7, 11) is 1.64. The number of hydrogen-bond acceptors (Lipinski definition) is 5. The molecule has 2 aliphatic rings. The van der Waals surface area contributed by atoms with E-state index in [9.17, 15) is 0 Å². The number of imidazole rings is 1. The topological polar surface area (TPSA) is 72.1 Å². The summed E-state index contributed by atoms with van der Waals surface area (Å²) in [6.45, 7) is 9.90. The number of rotatable bonds is 7. The third-order valence-electron chi connectivity index (χ3n) is 6.97. The Morgan fingerprint density at radius 1 is 1.23 bits per heavy atom. The van der Waals surface area contributed by atoms with Crippen molar-refractivity contribution in [3.05, 3.63) is 29.6 Å². The predicted molar refractivity (Wildman–Crippen MR) is 120 cm³/mol. The van der Waals surface area contributed by atoms with Gasteiger partial charge in [0.15, 0.2) is 5.65 Å². The largest absolute Gasteiger partial charge is 0.481 e. The molecule has 3 atom stereocenters. The average molecular weight is 413 g/mol. The molecule has 0 unspecified atom stereocenters. The molecular formula is C24H36N4O2. The van der Waals surface area contributed by atoms with E-state index in [0.29, 0.717) is 35.6 Å². The van der Waals surface area contributed by atoms with E-state index in [4.69, 9.17) is 14.5 Å². The van der Waals surface area contributed by atoms with Crippen LogP contribution >= 0.6 is 0 Å². The fourth-order valence-electron chi connectivity index (χ4n) is 5.08. The first-order valence-corrected chi connectivity index (χ1v) is 11.4. The van der Waals surface area contributed by atoms with Crippen molar-refractivity contribution >= 4 is 11.2 Å². The standard InChI is InChI=1S/C24H36N4O2/c1-15(2)20-12-17(13-22-26-21-5-6-23(29-4)28-24(21)27-22)16(3)11-18(20)14-25-19-7-9-30-10-8-19/h5-6,11,15,17-20,25H,7-10,12-14H2,1-4H3,(H,26,27,28)/t17-,18-,20-/m0/s1. The van der Waals surface area contributed by atoms with Gasteiger partial charge in [-0.2, -0.15) is 4.98 Å². The molecule has 6 heteroatoms. The van der Waals surface area contributed by atoms with Gasteiger partial charge in [0.2, 0.25) is 5.88 Å². The van der Waals surface area contributed by atoms with E-state index in [-0.39, 0.29) is 0 Å². The van der Waals surface area contributed by atoms with Crippen molar-refractivity contribution in [2.24, 2.45) is 23.7 Å². The minimum absolute atomic E-state index is 0.527. The van der Waals surface area contributed by atoms with E-state index < -0.39 is 0 Å². The van der Waals surface area contributed by atoms with Gasteiger partial charge in [0.1, 0.15) is 5.82 Å². The number of hydrogen-bond donors (Lipinski definition) is 2. The molecule has 4 rings (SSSR count). The number of H-pyrrole nitrogens is 1. The van der Waals surface area contributed by atoms with Gasteiger partial charge in [-0.25, -0.2) is 4.98 Å². The highest BCUT2D eigenvalue weighted by Gasteiger charge is 2.32. The molecule has 164 valence electrons. The zero-order valence-corrected chi connectivity index (χ0v) is 18.8. The van der Waals surface area contributed by atoms with Gasteiger partial charge >= 0.3 is 0 Å². The van der Waals surface area contributed by atoms with Crippen LogP contribution in [0.15, 0.2) is 23.8 Å². The molecule has 0 spiro atoms. The number of methoxy groups -OCH3 is 1. The molecule has 2 aromatic rings. The zero-order valence-electron chi connectivity index (χ0n) is 18.8. The fourth-order valence-corrected chi connectivity index (χ4v) is 5.08. The Labute approximate surface area is 179 Å². The minimum Gasteiger partial charge on any atom is -0.481 e. The number of nitrogens with one attached hydrogen (secondary N) is 2. The summed E-state index contributed by atoms with van der Waals surface area (Å²) in [6, 6.07) is 4.48. The molecule has 3 heterocycles. The molecule has 2 N–H and O–H groups in total. The van der Waals surface area contributed by atoms with Crippen LogP contribution in [0.3, 0.4) is 0 Å². The third kappa shape index (κ3) is 4.86. The molecule has 1 fully saturated rings. The smallest absolute Gasteiger partial charge is 0.215 e. The molecule has 0 saturated carbocycles. The molecule has 2 aromatic heterocycles. The first-order chi connectivity index (χ1) is 14.5. The highest BCUT2D eigenvalue weighted by molar-refractivity contribution is 5.71. The SMILES string of the molecule is COc1ccc2[nH]c(C[C@@H]3C[C@@H](C(C)C)[C@H](CNC4CCOCC4)C=C3C)nc2n1. The Balaban J connectivity index is 1.45. The Morgan fingerprint density at radius 3 is 2.77 bits per heavy atom. The molecule has 30 heavy (non-hydrogen) atoms. The highest BCUT2D eigenvalue weighted by atomic mass is 16.5. The summed E-state index contributed by atoms with van der Waals surface area (Å²) in [4.78, 5) is 12.6. The van der Waals surface area contributed by atoms with Gasteiger partial charge in [0.25, 0.3) is 0 Å². The Bertz CT molecular complexity index is 869. The van der Waals surface area contributed by atoms with Crippen LogP contribution in [0.5, 0.6) is 5.88 Å². The van der Waals surface area contributed by atoms with E-state index in [1.54, 1.807) is 7.11 Å². The molecular weight excluding hydrogens is 376 g/mol. The Kier molecular flexibility index (Phi) is 6.74. The maximum absolute atomic E-state index is 5.50. The summed E-state index contributed by atoms with van der Waals surface area (Å²) in [5, 5.41) is 3.83. The molecule has 0 aromatic carbocycles. The van der Waals surface area contributed by atoms with Crippen LogP contribution in [0.1, 0.15) is 45.9 Å². The Morgan fingerprint density at radius 2 is 2.03 bits per heavy atom. The lowest BCUT2D eigenvalue weighted by Gasteiger charge is -2.38. The molecule has 0 radical (unpaired) electrons. The van der Waals surface area contributed by atoms with Crippen LogP contribution in [-0.4, -0.2) is 47.9 Å². The number of pyridine rings is 1. The first kappa shape index (κ1) is 21.3. The fraction of sp³-hybridized carbons (Fsp3) is 0.667. The Hall–Kier alpha value is -1.92. The molecule has 1 saturated heterocycles. The summed E-state index contributed by atoms with van der Waals surface area (Å²) in [5.41, 5.74) is 3.21. The minimum atomic E-state index is 0.527. The normalized spacial score (nSPS) is 25.6. The van der Waals surface area contributed by atoms with Crippen LogP contribution in [0, 0.1) is 23.7 Å². The van der Waals surface area contributed by atoms with Crippen LogP contribution in [-0.2, 0) is 11.2 Å². The van der Waals surface area contributed by atoms with Crippen LogP contribution in [0.25, 0.3) is 11.2 Å². The van der Waals surface area contributed by atoms with Gasteiger partial charge in [0.05, 0.1) is 12.6 Å². The summed E-state index contributed by atoms with van der Waals surface area (Å²) >= 11 is 0. The lowest BCUT2D eigenvalue weighted by Crippen LogP contribution is -2.41. The van der Waals surface area contributed by atoms with E-state index in [1.807, 2.05) is 12.1 Å². The average Bonchev–Trinajstić information content (AvgIpc) is 3.15. The van der Waals surface area contributed by atoms with Crippen molar-refractivity contribution in [1.29, 1.82) is 0 Å². The third-order valence-corrected chi connectivity index (χ3v) is 6.97. The second-order valence-electron chi connectivity index (χ2n) is 9.32. The summed E-state index contributed by atoms with van der Waals surface area (Å²) < 4.78 is 10.7. The second kappa shape index (κ2) is 9.48. The number of aromatic amines is 1. The van der Waals surface area contributed by atoms with E-state index in [1.165, 1.54) is 12.0 Å². The second-order valence-corrected chi connectivity index (χ2v) is 9.32. The number of nitrogens with zero attached hydrogens (tertiary/aromatic N) is 2. The van der Waals surface area contributed by atoms with Crippen molar-refractivity contribution in [2.45, 2.75) is 52.5 Å². The first-order valence-electron chi connectivity index (χ1n) is 11.4. The maximum atomic E-state index is 5.50. The number of ether oxygens (including phenoxy) is 2. The quantitative estimate of drug-likeness (QED) is 0.669. The van der Waals surface area contributed by atoms with Gasteiger partial charge in [-0.1, -0.05) is 25.5 Å². The molecule has 0 amide bonds. The maximum Gasteiger partial charge on any atom is 0.215 e. The molecule has 1 aliphatic carbocycles. The van der Waals surface area contributed by atoms with Crippen LogP contribution < -0.4 is 10.1 Å². The number of allylic oxidation sites excluding steroid dienone is 1. The van der Waals surface area contributed by atoms with Crippen molar-refractivity contribution in [3.63, 3.8) is 0 Å². The van der Waals surface area contributed by atoms with Crippen molar-refractivity contribution < 1.29 is 9.47 Å². The van der Waals surface area contributed by atoms with Crippen molar-refractivity contribution in [3.8, 4) is 5.88 Å².